The third-order valence-corrected chi connectivity index (χ3v) is 7.04. The van der Waals surface area contributed by atoms with Gasteiger partial charge in [-0.05, 0) is 19.3 Å². The summed E-state index contributed by atoms with van der Waals surface area (Å²) in [5.41, 5.74) is 0. The maximum atomic E-state index is 13.1. The Kier molecular flexibility index (Phi) is 4.27. The number of piperidine rings is 1. The van der Waals surface area contributed by atoms with Crippen LogP contribution in [0.4, 0.5) is 0 Å². The lowest BCUT2D eigenvalue weighted by molar-refractivity contribution is 0.239. The standard InChI is InChI=1S/C13H18ClN3O2S2/c1-2-5-10-6-3-4-7-17(10)21(18,19)12-11(14)15-13-16(12)8-9-20-13/h8-10H,2-7H2,1H3. The van der Waals surface area contributed by atoms with Crippen molar-refractivity contribution in [3.05, 3.63) is 16.7 Å². The predicted octanol–water partition coefficient (Wildman–Crippen LogP) is 3.39. The first-order chi connectivity index (χ1) is 10.1. The van der Waals surface area contributed by atoms with Crippen molar-refractivity contribution in [1.82, 2.24) is 13.7 Å². The van der Waals surface area contributed by atoms with Crippen LogP contribution in [0, 0.1) is 0 Å². The Morgan fingerprint density at radius 2 is 2.29 bits per heavy atom. The van der Waals surface area contributed by atoms with Crippen molar-refractivity contribution in [2.75, 3.05) is 6.54 Å². The molecule has 1 aliphatic rings. The Bertz CT molecular complexity index is 736. The number of hydrogen-bond acceptors (Lipinski definition) is 4. The fraction of sp³-hybridized carbons (Fsp3) is 0.615. The van der Waals surface area contributed by atoms with Crippen molar-refractivity contribution in [2.24, 2.45) is 0 Å². The summed E-state index contributed by atoms with van der Waals surface area (Å²) in [5.74, 6) is 0. The summed E-state index contributed by atoms with van der Waals surface area (Å²) in [7, 11) is -3.61. The van der Waals surface area contributed by atoms with Crippen molar-refractivity contribution in [3.63, 3.8) is 0 Å². The van der Waals surface area contributed by atoms with E-state index >= 15 is 0 Å². The van der Waals surface area contributed by atoms with Crippen molar-refractivity contribution in [2.45, 2.75) is 50.1 Å². The van der Waals surface area contributed by atoms with E-state index in [1.54, 1.807) is 14.9 Å². The highest BCUT2D eigenvalue weighted by Gasteiger charge is 2.36. The molecule has 3 rings (SSSR count). The van der Waals surface area contributed by atoms with E-state index in [1.807, 2.05) is 5.38 Å². The summed E-state index contributed by atoms with van der Waals surface area (Å²) in [6.07, 6.45) is 6.50. The summed E-state index contributed by atoms with van der Waals surface area (Å²) >= 11 is 7.49. The number of rotatable bonds is 4. The summed E-state index contributed by atoms with van der Waals surface area (Å²) in [5, 5.41) is 2.00. The lowest BCUT2D eigenvalue weighted by Crippen LogP contribution is -2.44. The lowest BCUT2D eigenvalue weighted by atomic mass is 10.0. The molecule has 0 bridgehead atoms. The first-order valence-corrected chi connectivity index (χ1v) is 9.88. The molecule has 1 aliphatic heterocycles. The first kappa shape index (κ1) is 15.3. The summed E-state index contributed by atoms with van der Waals surface area (Å²) in [4.78, 5) is 4.76. The zero-order chi connectivity index (χ0) is 15.0. The van der Waals surface area contributed by atoms with Gasteiger partial charge in [-0.2, -0.15) is 4.31 Å². The average Bonchev–Trinajstić information content (AvgIpc) is 2.99. The van der Waals surface area contributed by atoms with Gasteiger partial charge < -0.3 is 0 Å². The fourth-order valence-electron chi connectivity index (χ4n) is 2.99. The number of fused-ring (bicyclic) bond motifs is 1. The van der Waals surface area contributed by atoms with Crippen LogP contribution in [0.25, 0.3) is 4.96 Å². The maximum Gasteiger partial charge on any atom is 0.262 e. The van der Waals surface area contributed by atoms with Crippen LogP contribution in [0.2, 0.25) is 5.15 Å². The monoisotopic (exact) mass is 347 g/mol. The van der Waals surface area contributed by atoms with Crippen molar-refractivity contribution < 1.29 is 8.42 Å². The Labute approximate surface area is 133 Å². The van der Waals surface area contributed by atoms with E-state index in [2.05, 4.69) is 11.9 Å². The van der Waals surface area contributed by atoms with Crippen LogP contribution in [-0.4, -0.2) is 34.7 Å². The number of nitrogens with zero attached hydrogens (tertiary/aromatic N) is 3. The molecule has 5 nitrogen and oxygen atoms in total. The molecule has 1 fully saturated rings. The molecule has 1 atom stereocenters. The minimum atomic E-state index is -3.61. The van der Waals surface area contributed by atoms with Crippen LogP contribution in [0.5, 0.6) is 0 Å². The van der Waals surface area contributed by atoms with Crippen molar-refractivity contribution >= 4 is 37.9 Å². The van der Waals surface area contributed by atoms with Gasteiger partial charge in [-0.15, -0.1) is 11.3 Å². The largest absolute Gasteiger partial charge is 0.279 e. The van der Waals surface area contributed by atoms with Gasteiger partial charge in [-0.1, -0.05) is 31.4 Å². The summed E-state index contributed by atoms with van der Waals surface area (Å²) < 4.78 is 29.3. The third-order valence-electron chi connectivity index (χ3n) is 3.93. The number of aromatic nitrogens is 2. The zero-order valence-electron chi connectivity index (χ0n) is 11.8. The van der Waals surface area contributed by atoms with Crippen molar-refractivity contribution in [3.8, 4) is 0 Å². The molecular weight excluding hydrogens is 330 g/mol. The van der Waals surface area contributed by atoms with Crippen LogP contribution in [0.3, 0.4) is 0 Å². The minimum Gasteiger partial charge on any atom is -0.279 e. The molecule has 0 aliphatic carbocycles. The zero-order valence-corrected chi connectivity index (χ0v) is 14.2. The normalized spacial score (nSPS) is 21.1. The van der Waals surface area contributed by atoms with Gasteiger partial charge in [0.2, 0.25) is 0 Å². The van der Waals surface area contributed by atoms with E-state index in [0.29, 0.717) is 11.5 Å². The van der Waals surface area contributed by atoms with E-state index in [1.165, 1.54) is 11.3 Å². The van der Waals surface area contributed by atoms with E-state index in [0.717, 1.165) is 32.1 Å². The average molecular weight is 348 g/mol. The highest BCUT2D eigenvalue weighted by Crippen LogP contribution is 2.32. The molecule has 116 valence electrons. The van der Waals surface area contributed by atoms with Crippen LogP contribution < -0.4 is 0 Å². The number of sulfonamides is 1. The fourth-order valence-corrected chi connectivity index (χ4v) is 6.13. The molecule has 1 unspecified atom stereocenters. The molecule has 0 radical (unpaired) electrons. The molecule has 2 aromatic rings. The second-order valence-electron chi connectivity index (χ2n) is 5.32. The van der Waals surface area contributed by atoms with Crippen LogP contribution in [-0.2, 0) is 10.0 Å². The van der Waals surface area contributed by atoms with E-state index in [4.69, 9.17) is 11.6 Å². The quantitative estimate of drug-likeness (QED) is 0.851. The highest BCUT2D eigenvalue weighted by atomic mass is 35.5. The Morgan fingerprint density at radius 1 is 1.48 bits per heavy atom. The Hall–Kier alpha value is -0.630. The Morgan fingerprint density at radius 3 is 3.05 bits per heavy atom. The number of halogens is 1. The van der Waals surface area contributed by atoms with Gasteiger partial charge in [-0.3, -0.25) is 4.40 Å². The summed E-state index contributed by atoms with van der Waals surface area (Å²) in [6.45, 7) is 2.66. The third kappa shape index (κ3) is 2.60. The van der Waals surface area contributed by atoms with Crippen LogP contribution in [0.1, 0.15) is 39.0 Å². The predicted molar refractivity (Wildman–Crippen MR) is 84.5 cm³/mol. The van der Waals surface area contributed by atoms with Gasteiger partial charge >= 0.3 is 0 Å². The molecule has 3 heterocycles. The molecule has 0 spiro atoms. The second-order valence-corrected chi connectivity index (χ2v) is 8.35. The highest BCUT2D eigenvalue weighted by molar-refractivity contribution is 7.89. The molecule has 8 heteroatoms. The van der Waals surface area contributed by atoms with Gasteiger partial charge in [0.15, 0.2) is 15.1 Å². The molecule has 0 saturated carbocycles. The molecule has 0 amide bonds. The summed E-state index contributed by atoms with van der Waals surface area (Å²) in [6, 6.07) is 0.0778. The SMILES string of the molecule is CCCC1CCCCN1S(=O)(=O)c1c(Cl)nc2sccn12. The van der Waals surface area contributed by atoms with Gasteiger partial charge in [0, 0.05) is 24.2 Å². The number of imidazole rings is 1. The van der Waals surface area contributed by atoms with Gasteiger partial charge in [-0.25, -0.2) is 13.4 Å². The maximum absolute atomic E-state index is 13.1. The van der Waals surface area contributed by atoms with Crippen LogP contribution >= 0.6 is 22.9 Å². The molecule has 21 heavy (non-hydrogen) atoms. The topological polar surface area (TPSA) is 54.7 Å². The van der Waals surface area contributed by atoms with Gasteiger partial charge in [0.25, 0.3) is 10.0 Å². The van der Waals surface area contributed by atoms with Crippen LogP contribution in [0.15, 0.2) is 16.6 Å². The molecule has 2 aromatic heterocycles. The van der Waals surface area contributed by atoms with Crippen molar-refractivity contribution in [1.29, 1.82) is 0 Å². The molecular formula is C13H18ClN3O2S2. The second kappa shape index (κ2) is 5.87. The van der Waals surface area contributed by atoms with Gasteiger partial charge in [0.1, 0.15) is 0 Å². The molecule has 0 N–H and O–H groups in total. The lowest BCUT2D eigenvalue weighted by Gasteiger charge is -2.34. The number of thiazole rings is 1. The van der Waals surface area contributed by atoms with E-state index < -0.39 is 10.0 Å². The van der Waals surface area contributed by atoms with Gasteiger partial charge in [0.05, 0.1) is 0 Å². The minimum absolute atomic E-state index is 0.0719. The molecule has 0 aromatic carbocycles. The number of hydrogen-bond donors (Lipinski definition) is 0. The Balaban J connectivity index is 2.06. The smallest absolute Gasteiger partial charge is 0.262 e. The first-order valence-electron chi connectivity index (χ1n) is 7.18. The van der Waals surface area contributed by atoms with E-state index in [-0.39, 0.29) is 16.2 Å². The van der Waals surface area contributed by atoms with E-state index in [9.17, 15) is 8.42 Å². The molecule has 1 saturated heterocycles.